The third-order valence-corrected chi connectivity index (χ3v) is 2.86. The maximum atomic E-state index is 5.91. The van der Waals surface area contributed by atoms with E-state index in [1.807, 2.05) is 24.3 Å². The Labute approximate surface area is 114 Å². The van der Waals surface area contributed by atoms with E-state index in [4.69, 9.17) is 10.3 Å². The number of benzene rings is 1. The number of aryl methyl sites for hydroxylation is 2. The van der Waals surface area contributed by atoms with Crippen LogP contribution in [0.25, 0.3) is 0 Å². The number of hydrogen-bond acceptors (Lipinski definition) is 4. The monoisotopic (exact) mass is 259 g/mol. The fraction of sp³-hybridized carbons (Fsp3) is 0.467. The van der Waals surface area contributed by atoms with Crippen molar-refractivity contribution in [1.29, 1.82) is 0 Å². The van der Waals surface area contributed by atoms with Crippen LogP contribution in [-0.4, -0.2) is 10.1 Å². The molecular weight excluding hydrogens is 238 g/mol. The molecule has 0 saturated heterocycles. The van der Waals surface area contributed by atoms with Crippen molar-refractivity contribution in [3.8, 4) is 0 Å². The lowest BCUT2D eigenvalue weighted by molar-refractivity contribution is 0.354. The second-order valence-corrected chi connectivity index (χ2v) is 6.04. The zero-order valence-electron chi connectivity index (χ0n) is 11.8. The predicted octanol–water partition coefficient (Wildman–Crippen LogP) is 3.03. The molecule has 102 valence electrons. The van der Waals surface area contributed by atoms with Gasteiger partial charge in [0.05, 0.1) is 0 Å². The smallest absolute Gasteiger partial charge is 0.226 e. The lowest BCUT2D eigenvalue weighted by Gasteiger charge is -2.14. The maximum absolute atomic E-state index is 5.91. The van der Waals surface area contributed by atoms with Crippen LogP contribution in [0.1, 0.15) is 38.0 Å². The summed E-state index contributed by atoms with van der Waals surface area (Å²) in [5.41, 5.74) is 8.02. The molecule has 0 radical (unpaired) electrons. The number of nitrogens with zero attached hydrogens (tertiary/aromatic N) is 2. The predicted molar refractivity (Wildman–Crippen MR) is 75.7 cm³/mol. The van der Waals surface area contributed by atoms with E-state index in [1.165, 1.54) is 0 Å². The van der Waals surface area contributed by atoms with E-state index in [-0.39, 0.29) is 5.41 Å². The van der Waals surface area contributed by atoms with Gasteiger partial charge in [-0.15, -0.1) is 0 Å². The third-order valence-electron chi connectivity index (χ3n) is 2.86. The highest BCUT2D eigenvalue weighted by Gasteiger charge is 2.16. The van der Waals surface area contributed by atoms with E-state index in [2.05, 4.69) is 30.9 Å². The molecule has 2 N–H and O–H groups in total. The van der Waals surface area contributed by atoms with Crippen LogP contribution in [-0.2, 0) is 19.3 Å². The first kappa shape index (κ1) is 13.6. The van der Waals surface area contributed by atoms with Crippen LogP contribution < -0.4 is 5.73 Å². The topological polar surface area (TPSA) is 64.9 Å². The summed E-state index contributed by atoms with van der Waals surface area (Å²) >= 11 is 0. The largest absolute Gasteiger partial charge is 0.399 e. The van der Waals surface area contributed by atoms with Gasteiger partial charge in [0.15, 0.2) is 5.82 Å². The number of anilines is 1. The van der Waals surface area contributed by atoms with Crippen LogP contribution in [0.3, 0.4) is 0 Å². The minimum atomic E-state index is 0.172. The van der Waals surface area contributed by atoms with E-state index in [9.17, 15) is 0 Å². The Bertz CT molecular complexity index is 540. The van der Waals surface area contributed by atoms with Crippen LogP contribution in [0.5, 0.6) is 0 Å². The van der Waals surface area contributed by atoms with Crippen molar-refractivity contribution < 1.29 is 4.52 Å². The van der Waals surface area contributed by atoms with Crippen molar-refractivity contribution in [2.24, 2.45) is 5.41 Å². The first-order chi connectivity index (χ1) is 8.94. The Kier molecular flexibility index (Phi) is 3.88. The Morgan fingerprint density at radius 1 is 1.16 bits per heavy atom. The first-order valence-corrected chi connectivity index (χ1v) is 6.59. The highest BCUT2D eigenvalue weighted by Crippen LogP contribution is 2.19. The average Bonchev–Trinajstić information content (AvgIpc) is 2.73. The molecule has 2 aromatic rings. The molecule has 0 atom stereocenters. The fourth-order valence-corrected chi connectivity index (χ4v) is 1.94. The summed E-state index contributed by atoms with van der Waals surface area (Å²) in [5, 5.41) is 4.02. The molecule has 0 aliphatic carbocycles. The van der Waals surface area contributed by atoms with Gasteiger partial charge in [-0.1, -0.05) is 44.1 Å². The van der Waals surface area contributed by atoms with E-state index < -0.39 is 0 Å². The summed E-state index contributed by atoms with van der Waals surface area (Å²) in [6.45, 7) is 6.48. The lowest BCUT2D eigenvalue weighted by atomic mass is 9.92. The molecule has 0 spiro atoms. The quantitative estimate of drug-likeness (QED) is 0.857. The van der Waals surface area contributed by atoms with Crippen LogP contribution >= 0.6 is 0 Å². The van der Waals surface area contributed by atoms with Gasteiger partial charge in [0.1, 0.15) is 0 Å². The average molecular weight is 259 g/mol. The van der Waals surface area contributed by atoms with Crippen molar-refractivity contribution in [2.75, 3.05) is 5.73 Å². The standard InChI is InChI=1S/C15H21N3O/c1-15(2,3)10-13-17-14(19-18-13)9-8-11-6-4-5-7-12(11)16/h4-7H,8-10,16H2,1-3H3. The number of nitrogens with two attached hydrogens (primary N) is 1. The van der Waals surface area contributed by atoms with Gasteiger partial charge in [0.2, 0.25) is 5.89 Å². The van der Waals surface area contributed by atoms with Gasteiger partial charge >= 0.3 is 0 Å². The van der Waals surface area contributed by atoms with Crippen LogP contribution in [0.2, 0.25) is 0 Å². The molecule has 0 fully saturated rings. The SMILES string of the molecule is CC(C)(C)Cc1noc(CCc2ccccc2N)n1. The van der Waals surface area contributed by atoms with Crippen molar-refractivity contribution >= 4 is 5.69 Å². The van der Waals surface area contributed by atoms with Gasteiger partial charge < -0.3 is 10.3 Å². The molecule has 4 heteroatoms. The molecule has 0 saturated carbocycles. The van der Waals surface area contributed by atoms with Crippen molar-refractivity contribution in [1.82, 2.24) is 10.1 Å². The highest BCUT2D eigenvalue weighted by atomic mass is 16.5. The summed E-state index contributed by atoms with van der Waals surface area (Å²) in [4.78, 5) is 4.42. The van der Waals surface area contributed by atoms with E-state index in [0.29, 0.717) is 5.89 Å². The Morgan fingerprint density at radius 2 is 1.89 bits per heavy atom. The van der Waals surface area contributed by atoms with E-state index in [1.54, 1.807) is 0 Å². The minimum absolute atomic E-state index is 0.172. The number of aromatic nitrogens is 2. The molecule has 1 aromatic carbocycles. The van der Waals surface area contributed by atoms with E-state index >= 15 is 0 Å². The van der Waals surface area contributed by atoms with Crippen molar-refractivity contribution in [3.05, 3.63) is 41.5 Å². The number of hydrogen-bond donors (Lipinski definition) is 1. The summed E-state index contributed by atoms with van der Waals surface area (Å²) in [6.07, 6.45) is 2.37. The molecule has 0 amide bonds. The van der Waals surface area contributed by atoms with Gasteiger partial charge in [-0.25, -0.2) is 0 Å². The summed E-state index contributed by atoms with van der Waals surface area (Å²) < 4.78 is 5.27. The number of rotatable bonds is 4. The van der Waals surface area contributed by atoms with Gasteiger partial charge in [-0.2, -0.15) is 4.98 Å². The Hall–Kier alpha value is -1.84. The molecule has 1 aromatic heterocycles. The molecule has 2 rings (SSSR count). The van der Waals surface area contributed by atoms with Crippen LogP contribution in [0.15, 0.2) is 28.8 Å². The maximum Gasteiger partial charge on any atom is 0.226 e. The first-order valence-electron chi connectivity index (χ1n) is 6.59. The second kappa shape index (κ2) is 5.43. The summed E-state index contributed by atoms with van der Waals surface area (Å²) in [6, 6.07) is 7.87. The van der Waals surface area contributed by atoms with Gasteiger partial charge in [0.25, 0.3) is 0 Å². The van der Waals surface area contributed by atoms with Crippen LogP contribution in [0.4, 0.5) is 5.69 Å². The molecule has 1 heterocycles. The second-order valence-electron chi connectivity index (χ2n) is 6.04. The summed E-state index contributed by atoms with van der Waals surface area (Å²) in [7, 11) is 0. The van der Waals surface area contributed by atoms with Crippen LogP contribution in [0, 0.1) is 5.41 Å². The zero-order valence-corrected chi connectivity index (χ0v) is 11.8. The minimum Gasteiger partial charge on any atom is -0.399 e. The van der Waals surface area contributed by atoms with Crippen molar-refractivity contribution in [2.45, 2.75) is 40.0 Å². The molecule has 0 aliphatic rings. The number of nitrogen functional groups attached to an aromatic ring is 1. The number of para-hydroxylation sites is 1. The van der Waals surface area contributed by atoms with Crippen molar-refractivity contribution in [3.63, 3.8) is 0 Å². The molecule has 0 unspecified atom stereocenters. The fourth-order valence-electron chi connectivity index (χ4n) is 1.94. The Morgan fingerprint density at radius 3 is 2.58 bits per heavy atom. The normalized spacial score (nSPS) is 11.7. The molecule has 0 bridgehead atoms. The van der Waals surface area contributed by atoms with Gasteiger partial charge in [-0.05, 0) is 23.5 Å². The van der Waals surface area contributed by atoms with Gasteiger partial charge in [0, 0.05) is 18.5 Å². The molecular formula is C15H21N3O. The lowest BCUT2D eigenvalue weighted by Crippen LogP contribution is -2.10. The molecule has 19 heavy (non-hydrogen) atoms. The Balaban J connectivity index is 1.96. The molecule has 0 aliphatic heterocycles. The molecule has 4 nitrogen and oxygen atoms in total. The van der Waals surface area contributed by atoms with E-state index in [0.717, 1.165) is 36.3 Å². The summed E-state index contributed by atoms with van der Waals surface area (Å²) in [5.74, 6) is 1.46. The highest BCUT2D eigenvalue weighted by molar-refractivity contribution is 5.46. The van der Waals surface area contributed by atoms with Gasteiger partial charge in [-0.3, -0.25) is 0 Å². The third kappa shape index (κ3) is 4.09. The zero-order chi connectivity index (χ0) is 13.9.